The van der Waals surface area contributed by atoms with Crippen molar-refractivity contribution in [2.24, 2.45) is 11.7 Å². The van der Waals surface area contributed by atoms with Crippen molar-refractivity contribution in [3.05, 3.63) is 11.6 Å². The van der Waals surface area contributed by atoms with E-state index in [4.69, 9.17) is 10.7 Å². The van der Waals surface area contributed by atoms with Crippen molar-refractivity contribution >= 4 is 0 Å². The molecule has 3 rings (SSSR count). The van der Waals surface area contributed by atoms with Crippen LogP contribution in [0.3, 0.4) is 0 Å². The molecule has 0 amide bonds. The Balaban J connectivity index is 1.79. The molecule has 1 saturated carbocycles. The maximum Gasteiger partial charge on any atom is 0.154 e. The summed E-state index contributed by atoms with van der Waals surface area (Å²) in [4.78, 5) is 4.70. The van der Waals surface area contributed by atoms with Gasteiger partial charge in [-0.25, -0.2) is 9.67 Å². The average Bonchev–Trinajstić information content (AvgIpc) is 2.56. The minimum absolute atomic E-state index is 0.276. The van der Waals surface area contributed by atoms with Crippen molar-refractivity contribution in [2.75, 3.05) is 0 Å². The maximum absolute atomic E-state index is 5.97. The zero-order valence-electron chi connectivity index (χ0n) is 9.89. The van der Waals surface area contributed by atoms with Crippen LogP contribution in [-0.2, 0) is 13.0 Å². The Labute approximate surface area is 96.2 Å². The third kappa shape index (κ3) is 1.65. The smallest absolute Gasteiger partial charge is 0.154 e. The molecule has 1 aromatic rings. The zero-order chi connectivity index (χ0) is 11.1. The maximum atomic E-state index is 5.97. The second kappa shape index (κ2) is 3.84. The van der Waals surface area contributed by atoms with Crippen molar-refractivity contribution in [3.8, 4) is 0 Å². The molecule has 4 heteroatoms. The lowest BCUT2D eigenvalue weighted by Gasteiger charge is -2.24. The van der Waals surface area contributed by atoms with Gasteiger partial charge in [-0.1, -0.05) is 6.42 Å². The van der Waals surface area contributed by atoms with E-state index in [1.54, 1.807) is 0 Å². The van der Waals surface area contributed by atoms with Crippen LogP contribution in [0.5, 0.6) is 0 Å². The van der Waals surface area contributed by atoms with Crippen LogP contribution in [0, 0.1) is 5.92 Å². The molecule has 2 unspecified atom stereocenters. The van der Waals surface area contributed by atoms with Crippen LogP contribution in [0.25, 0.3) is 0 Å². The van der Waals surface area contributed by atoms with E-state index in [-0.39, 0.29) is 6.04 Å². The lowest BCUT2D eigenvalue weighted by molar-refractivity contribution is 0.322. The Morgan fingerprint density at radius 3 is 2.81 bits per heavy atom. The van der Waals surface area contributed by atoms with Crippen LogP contribution < -0.4 is 5.73 Å². The molecule has 88 valence electrons. The first-order valence-corrected chi connectivity index (χ1v) is 6.43. The van der Waals surface area contributed by atoms with Crippen LogP contribution in [0.2, 0.25) is 0 Å². The standard InChI is InChI=1S/C12H20N4/c1-8(13)10-5-6-16-11(7-10)14-12(15-16)9-3-2-4-9/h8-10H,2-7,13H2,1H3. The van der Waals surface area contributed by atoms with Gasteiger partial charge in [0.2, 0.25) is 0 Å². The van der Waals surface area contributed by atoms with Crippen LogP contribution >= 0.6 is 0 Å². The highest BCUT2D eigenvalue weighted by molar-refractivity contribution is 5.05. The van der Waals surface area contributed by atoms with Crippen LogP contribution in [0.1, 0.15) is 50.2 Å². The fourth-order valence-corrected chi connectivity index (χ4v) is 2.64. The quantitative estimate of drug-likeness (QED) is 0.820. The second-order valence-electron chi connectivity index (χ2n) is 5.35. The summed E-state index contributed by atoms with van der Waals surface area (Å²) in [6, 6.07) is 0.276. The molecule has 1 aliphatic carbocycles. The van der Waals surface area contributed by atoms with Gasteiger partial charge in [-0.05, 0) is 32.1 Å². The zero-order valence-corrected chi connectivity index (χ0v) is 9.89. The van der Waals surface area contributed by atoms with Gasteiger partial charge in [0.15, 0.2) is 5.82 Å². The second-order valence-corrected chi connectivity index (χ2v) is 5.35. The highest BCUT2D eigenvalue weighted by Gasteiger charge is 2.28. The van der Waals surface area contributed by atoms with Crippen molar-refractivity contribution in [1.29, 1.82) is 0 Å². The number of hydrogen-bond acceptors (Lipinski definition) is 3. The molecule has 16 heavy (non-hydrogen) atoms. The predicted octanol–water partition coefficient (Wildman–Crippen LogP) is 1.46. The van der Waals surface area contributed by atoms with Gasteiger partial charge in [0.25, 0.3) is 0 Å². The Hall–Kier alpha value is -0.900. The monoisotopic (exact) mass is 220 g/mol. The molecule has 0 aromatic carbocycles. The summed E-state index contributed by atoms with van der Waals surface area (Å²) in [5.74, 6) is 3.49. The van der Waals surface area contributed by atoms with Gasteiger partial charge in [0, 0.05) is 24.9 Å². The minimum atomic E-state index is 0.276. The number of hydrogen-bond donors (Lipinski definition) is 1. The van der Waals surface area contributed by atoms with Gasteiger partial charge in [-0.2, -0.15) is 5.10 Å². The van der Waals surface area contributed by atoms with Gasteiger partial charge in [0.05, 0.1) is 0 Å². The predicted molar refractivity (Wildman–Crippen MR) is 62.1 cm³/mol. The Kier molecular flexibility index (Phi) is 2.46. The minimum Gasteiger partial charge on any atom is -0.328 e. The molecule has 4 nitrogen and oxygen atoms in total. The van der Waals surface area contributed by atoms with Crippen molar-refractivity contribution in [3.63, 3.8) is 0 Å². The molecular weight excluding hydrogens is 200 g/mol. The molecule has 1 fully saturated rings. The fraction of sp³-hybridized carbons (Fsp3) is 0.833. The molecule has 2 heterocycles. The Morgan fingerprint density at radius 2 is 2.19 bits per heavy atom. The molecule has 2 N–H and O–H groups in total. The van der Waals surface area contributed by atoms with E-state index in [0.717, 1.165) is 31.0 Å². The van der Waals surface area contributed by atoms with Gasteiger partial charge in [-0.15, -0.1) is 0 Å². The summed E-state index contributed by atoms with van der Waals surface area (Å²) < 4.78 is 2.10. The first kappa shape index (κ1) is 10.3. The molecule has 0 radical (unpaired) electrons. The van der Waals surface area contributed by atoms with Crippen molar-refractivity contribution < 1.29 is 0 Å². The summed E-state index contributed by atoms with van der Waals surface area (Å²) in [5, 5.41) is 4.63. The van der Waals surface area contributed by atoms with E-state index >= 15 is 0 Å². The van der Waals surface area contributed by atoms with Crippen LogP contribution in [0.15, 0.2) is 0 Å². The first-order valence-electron chi connectivity index (χ1n) is 6.43. The number of fused-ring (bicyclic) bond motifs is 1. The summed E-state index contributed by atoms with van der Waals surface area (Å²) in [6.07, 6.45) is 6.06. The third-order valence-electron chi connectivity index (χ3n) is 4.14. The van der Waals surface area contributed by atoms with Gasteiger partial charge >= 0.3 is 0 Å². The van der Waals surface area contributed by atoms with Crippen molar-refractivity contribution in [1.82, 2.24) is 14.8 Å². The summed E-state index contributed by atoms with van der Waals surface area (Å²) in [6.45, 7) is 3.10. The average molecular weight is 220 g/mol. The number of nitrogens with zero attached hydrogens (tertiary/aromatic N) is 3. The van der Waals surface area contributed by atoms with Crippen LogP contribution in [-0.4, -0.2) is 20.8 Å². The van der Waals surface area contributed by atoms with Crippen LogP contribution in [0.4, 0.5) is 0 Å². The number of nitrogens with two attached hydrogens (primary N) is 1. The molecule has 0 saturated heterocycles. The van der Waals surface area contributed by atoms with E-state index in [0.29, 0.717) is 11.8 Å². The van der Waals surface area contributed by atoms with E-state index in [1.807, 2.05) is 0 Å². The number of rotatable bonds is 2. The molecule has 1 aliphatic heterocycles. The van der Waals surface area contributed by atoms with Crippen molar-refractivity contribution in [2.45, 2.75) is 57.5 Å². The molecular formula is C12H20N4. The third-order valence-corrected chi connectivity index (χ3v) is 4.14. The van der Waals surface area contributed by atoms with E-state index in [2.05, 4.69) is 16.7 Å². The molecule has 1 aromatic heterocycles. The largest absolute Gasteiger partial charge is 0.328 e. The first-order chi connectivity index (χ1) is 7.74. The summed E-state index contributed by atoms with van der Waals surface area (Å²) in [7, 11) is 0. The normalized spacial score (nSPS) is 27.2. The highest BCUT2D eigenvalue weighted by atomic mass is 15.4. The van der Waals surface area contributed by atoms with E-state index in [1.165, 1.54) is 19.3 Å². The Bertz CT molecular complexity index is 378. The van der Waals surface area contributed by atoms with Gasteiger partial charge < -0.3 is 5.73 Å². The lowest BCUT2D eigenvalue weighted by atomic mass is 9.85. The van der Waals surface area contributed by atoms with Gasteiger partial charge in [0.1, 0.15) is 5.82 Å². The molecule has 2 aliphatic rings. The summed E-state index contributed by atoms with van der Waals surface area (Å²) in [5.41, 5.74) is 5.97. The summed E-state index contributed by atoms with van der Waals surface area (Å²) >= 11 is 0. The van der Waals surface area contributed by atoms with E-state index < -0.39 is 0 Å². The van der Waals surface area contributed by atoms with E-state index in [9.17, 15) is 0 Å². The topological polar surface area (TPSA) is 56.7 Å². The Morgan fingerprint density at radius 1 is 1.38 bits per heavy atom. The van der Waals surface area contributed by atoms with Gasteiger partial charge in [-0.3, -0.25) is 0 Å². The SMILES string of the molecule is CC(N)C1CCn2nc(C3CCC3)nc2C1. The highest BCUT2D eigenvalue weighted by Crippen LogP contribution is 2.35. The molecule has 0 spiro atoms. The number of aryl methyl sites for hydroxylation is 1. The fourth-order valence-electron chi connectivity index (χ4n) is 2.64. The number of aromatic nitrogens is 3. The molecule has 2 atom stereocenters. The lowest BCUT2D eigenvalue weighted by Crippen LogP contribution is -2.33. The molecule has 0 bridgehead atoms.